The summed E-state index contributed by atoms with van der Waals surface area (Å²) in [5.74, 6) is 0.870. The molecule has 6 heteroatoms. The van der Waals surface area contributed by atoms with Gasteiger partial charge in [-0.1, -0.05) is 11.6 Å². The van der Waals surface area contributed by atoms with Gasteiger partial charge < -0.3 is 0 Å². The lowest BCUT2D eigenvalue weighted by molar-refractivity contribution is 0.00863. The molecular weight excluding hydrogens is 338 g/mol. The van der Waals surface area contributed by atoms with Crippen molar-refractivity contribution >= 4 is 34.2 Å². The van der Waals surface area contributed by atoms with Gasteiger partial charge in [0.1, 0.15) is 11.0 Å². The fourth-order valence-corrected chi connectivity index (χ4v) is 2.78. The number of nitrogens with zero attached hydrogens (tertiary/aromatic N) is 4. The van der Waals surface area contributed by atoms with E-state index in [9.17, 15) is 0 Å². The third-order valence-corrected chi connectivity index (χ3v) is 4.69. The van der Waals surface area contributed by atoms with E-state index >= 15 is 0 Å². The molecule has 0 N–H and O–H groups in total. The fraction of sp³-hybridized carbons (Fsp3) is 0.600. The van der Waals surface area contributed by atoms with E-state index in [0.29, 0.717) is 11.2 Å². The van der Waals surface area contributed by atoms with E-state index in [0.717, 1.165) is 29.0 Å². The van der Waals surface area contributed by atoms with E-state index in [1.165, 1.54) is 13.1 Å². The number of halogens is 2. The second kappa shape index (κ2) is 4.36. The van der Waals surface area contributed by atoms with Gasteiger partial charge in [0, 0.05) is 38.9 Å². The molecule has 86 valence electrons. The summed E-state index contributed by atoms with van der Waals surface area (Å²) in [6.45, 7) is 5.63. The molecule has 1 aromatic heterocycles. The van der Waals surface area contributed by atoms with Crippen LogP contribution in [-0.2, 0) is 0 Å². The van der Waals surface area contributed by atoms with E-state index in [1.807, 2.05) is 6.20 Å². The maximum absolute atomic E-state index is 6.04. The van der Waals surface area contributed by atoms with Gasteiger partial charge in [0.05, 0.1) is 9.61 Å². The van der Waals surface area contributed by atoms with Crippen LogP contribution in [0, 0.1) is 3.57 Å². The third kappa shape index (κ3) is 1.94. The van der Waals surface area contributed by atoms with Gasteiger partial charge in [-0.05, 0) is 22.6 Å². The molecule has 0 radical (unpaired) electrons. The minimum atomic E-state index is 0.331. The Balaban J connectivity index is 1.89. The lowest BCUT2D eigenvalue weighted by atomic mass is 10.1. The van der Waals surface area contributed by atoms with Crippen LogP contribution in [0.5, 0.6) is 0 Å². The molecule has 0 aliphatic carbocycles. The van der Waals surface area contributed by atoms with E-state index in [-0.39, 0.29) is 0 Å². The highest BCUT2D eigenvalue weighted by atomic mass is 127. The summed E-state index contributed by atoms with van der Waals surface area (Å²) in [4.78, 5) is 13.7. The average molecular weight is 351 g/mol. The van der Waals surface area contributed by atoms with Gasteiger partial charge in [-0.3, -0.25) is 9.80 Å². The summed E-state index contributed by atoms with van der Waals surface area (Å²) in [5.41, 5.74) is 0. The summed E-state index contributed by atoms with van der Waals surface area (Å²) in [5, 5.41) is 0.572. The van der Waals surface area contributed by atoms with Gasteiger partial charge in [0.2, 0.25) is 0 Å². The van der Waals surface area contributed by atoms with E-state index in [4.69, 9.17) is 11.6 Å². The van der Waals surface area contributed by atoms with Crippen LogP contribution >= 0.6 is 34.2 Å². The number of rotatable bonds is 1. The molecule has 4 heterocycles. The molecular formula is C10H12ClIN4. The molecule has 1 aromatic rings. The van der Waals surface area contributed by atoms with Crippen molar-refractivity contribution in [3.8, 4) is 0 Å². The van der Waals surface area contributed by atoms with E-state index < -0.39 is 0 Å². The monoisotopic (exact) mass is 350 g/mol. The van der Waals surface area contributed by atoms with Crippen LogP contribution < -0.4 is 0 Å². The topological polar surface area (TPSA) is 32.3 Å². The highest BCUT2D eigenvalue weighted by Gasteiger charge is 2.34. The Hall–Kier alpha value is 0.0200. The molecule has 3 aliphatic heterocycles. The van der Waals surface area contributed by atoms with Crippen molar-refractivity contribution < 1.29 is 0 Å². The zero-order chi connectivity index (χ0) is 11.1. The molecule has 3 fully saturated rings. The van der Waals surface area contributed by atoms with Crippen LogP contribution in [0.2, 0.25) is 5.15 Å². The number of fused-ring (bicyclic) bond motifs is 3. The van der Waals surface area contributed by atoms with Crippen LogP contribution in [0.1, 0.15) is 11.9 Å². The van der Waals surface area contributed by atoms with Crippen LogP contribution in [0.15, 0.2) is 6.20 Å². The Morgan fingerprint density at radius 1 is 1.31 bits per heavy atom. The average Bonchev–Trinajstić information content (AvgIpc) is 2.34. The minimum Gasteiger partial charge on any atom is -0.299 e. The predicted molar refractivity (Wildman–Crippen MR) is 70.5 cm³/mol. The Kier molecular flexibility index (Phi) is 3.03. The highest BCUT2D eigenvalue weighted by Crippen LogP contribution is 2.27. The number of piperazine rings is 3. The summed E-state index contributed by atoms with van der Waals surface area (Å²) >= 11 is 8.20. The molecule has 0 spiro atoms. The quantitative estimate of drug-likeness (QED) is 0.566. The SMILES string of the molecule is Clc1nc(C2CN3CCN2CC3)ncc1I. The van der Waals surface area contributed by atoms with Gasteiger partial charge in [-0.25, -0.2) is 9.97 Å². The van der Waals surface area contributed by atoms with Crippen LogP contribution in [0.4, 0.5) is 0 Å². The van der Waals surface area contributed by atoms with Gasteiger partial charge in [-0.15, -0.1) is 0 Å². The van der Waals surface area contributed by atoms with Gasteiger partial charge >= 0.3 is 0 Å². The largest absolute Gasteiger partial charge is 0.299 e. The summed E-state index contributed by atoms with van der Waals surface area (Å²) in [7, 11) is 0. The normalized spacial score (nSPS) is 33.0. The highest BCUT2D eigenvalue weighted by molar-refractivity contribution is 14.1. The number of hydrogen-bond donors (Lipinski definition) is 0. The second-order valence-corrected chi connectivity index (χ2v) is 5.74. The first-order valence-corrected chi connectivity index (χ1v) is 6.84. The minimum absolute atomic E-state index is 0.331. The van der Waals surface area contributed by atoms with E-state index in [2.05, 4.69) is 42.4 Å². The Labute approximate surface area is 113 Å². The van der Waals surface area contributed by atoms with Crippen LogP contribution in [0.25, 0.3) is 0 Å². The first kappa shape index (κ1) is 11.1. The maximum atomic E-state index is 6.04. The zero-order valence-electron chi connectivity index (χ0n) is 8.74. The van der Waals surface area contributed by atoms with Crippen molar-refractivity contribution in [2.24, 2.45) is 0 Å². The molecule has 1 unspecified atom stereocenters. The van der Waals surface area contributed by atoms with Crippen molar-refractivity contribution in [1.29, 1.82) is 0 Å². The summed E-state index contributed by atoms with van der Waals surface area (Å²) < 4.78 is 0.916. The standard InChI is InChI=1S/C10H12ClIN4/c11-9-7(12)5-13-10(14-9)8-6-15-1-3-16(8)4-2-15/h5,8H,1-4,6H2. The van der Waals surface area contributed by atoms with Gasteiger partial charge in [-0.2, -0.15) is 0 Å². The number of aromatic nitrogens is 2. The molecule has 1 atom stereocenters. The van der Waals surface area contributed by atoms with Gasteiger partial charge in [0.25, 0.3) is 0 Å². The first-order chi connectivity index (χ1) is 7.74. The first-order valence-electron chi connectivity index (χ1n) is 5.38. The second-order valence-electron chi connectivity index (χ2n) is 4.22. The van der Waals surface area contributed by atoms with Crippen molar-refractivity contribution in [1.82, 2.24) is 19.8 Å². The van der Waals surface area contributed by atoms with Gasteiger partial charge in [0.15, 0.2) is 0 Å². The lowest BCUT2D eigenvalue weighted by Crippen LogP contribution is -2.57. The molecule has 0 saturated carbocycles. The Bertz CT molecular complexity index is 406. The van der Waals surface area contributed by atoms with Crippen LogP contribution in [0.3, 0.4) is 0 Å². The number of hydrogen-bond acceptors (Lipinski definition) is 4. The van der Waals surface area contributed by atoms with E-state index in [1.54, 1.807) is 0 Å². The molecule has 3 aliphatic rings. The van der Waals surface area contributed by atoms with Crippen molar-refractivity contribution in [2.45, 2.75) is 6.04 Å². The summed E-state index contributed by atoms with van der Waals surface area (Å²) in [6.07, 6.45) is 1.81. The van der Waals surface area contributed by atoms with Crippen molar-refractivity contribution in [2.75, 3.05) is 32.7 Å². The molecule has 4 nitrogen and oxygen atoms in total. The fourth-order valence-electron chi connectivity index (χ4n) is 2.38. The molecule has 0 aromatic carbocycles. The summed E-state index contributed by atoms with van der Waals surface area (Å²) in [6, 6.07) is 0.331. The Morgan fingerprint density at radius 2 is 2.06 bits per heavy atom. The predicted octanol–water partition coefficient (Wildman–Crippen LogP) is 1.41. The molecule has 16 heavy (non-hydrogen) atoms. The van der Waals surface area contributed by atoms with Crippen molar-refractivity contribution in [3.63, 3.8) is 0 Å². The molecule has 3 saturated heterocycles. The lowest BCUT2D eigenvalue weighted by Gasteiger charge is -2.46. The Morgan fingerprint density at radius 3 is 2.62 bits per heavy atom. The molecule has 4 rings (SSSR count). The zero-order valence-corrected chi connectivity index (χ0v) is 11.6. The maximum Gasteiger partial charge on any atom is 0.148 e. The third-order valence-electron chi connectivity index (χ3n) is 3.30. The smallest absolute Gasteiger partial charge is 0.148 e. The molecule has 2 bridgehead atoms. The molecule has 0 amide bonds. The van der Waals surface area contributed by atoms with Crippen LogP contribution in [-0.4, -0.2) is 52.5 Å². The van der Waals surface area contributed by atoms with Crippen molar-refractivity contribution in [3.05, 3.63) is 20.7 Å².